The van der Waals surface area contributed by atoms with E-state index in [4.69, 9.17) is 11.6 Å². The van der Waals surface area contributed by atoms with E-state index in [1.165, 1.54) is 16.7 Å². The van der Waals surface area contributed by atoms with E-state index in [2.05, 4.69) is 49.4 Å². The van der Waals surface area contributed by atoms with Gasteiger partial charge in [0, 0.05) is 5.88 Å². The van der Waals surface area contributed by atoms with E-state index in [9.17, 15) is 0 Å². The van der Waals surface area contributed by atoms with Gasteiger partial charge in [-0.3, -0.25) is 0 Å². The first-order valence-corrected chi connectivity index (χ1v) is 6.29. The Morgan fingerprint density at radius 3 is 2.38 bits per heavy atom. The molecule has 0 saturated heterocycles. The summed E-state index contributed by atoms with van der Waals surface area (Å²) in [5.41, 5.74) is 3.90. The lowest BCUT2D eigenvalue weighted by Gasteiger charge is -2.04. The second-order valence-corrected chi connectivity index (χ2v) is 4.11. The van der Waals surface area contributed by atoms with E-state index < -0.39 is 0 Å². The topological polar surface area (TPSA) is 0 Å². The largest absolute Gasteiger partial charge is 0.127 e. The summed E-state index contributed by atoms with van der Waals surface area (Å²) in [5.74, 6) is 0.737. The molecule has 1 aromatic rings. The Morgan fingerprint density at radius 2 is 1.88 bits per heavy atom. The summed E-state index contributed by atoms with van der Waals surface area (Å²) in [6.45, 7) is 4.11. The number of rotatable bonds is 5. The number of alkyl halides is 1. The fourth-order valence-corrected chi connectivity index (χ4v) is 1.81. The highest BCUT2D eigenvalue weighted by molar-refractivity contribution is 6.17. The van der Waals surface area contributed by atoms with Crippen molar-refractivity contribution >= 4 is 17.2 Å². The summed E-state index contributed by atoms with van der Waals surface area (Å²) in [5, 5.41) is 0. The fourth-order valence-electron chi connectivity index (χ4n) is 1.67. The van der Waals surface area contributed by atoms with Gasteiger partial charge in [-0.1, -0.05) is 42.5 Å². The van der Waals surface area contributed by atoms with Crippen LogP contribution in [-0.2, 0) is 6.42 Å². The van der Waals surface area contributed by atoms with Crippen LogP contribution in [0.1, 0.15) is 31.4 Å². The SMILES string of the molecule is C/C=C\C(=C/C)c1ccc(CCCCl)cc1. The standard InChI is InChI=1S/C15H19Cl/c1-3-6-14(4-2)15-10-8-13(9-11-15)7-5-12-16/h3-4,6,8-11H,5,7,12H2,1-2H3/b6-3-,14-4+. The van der Waals surface area contributed by atoms with Crippen LogP contribution in [0.2, 0.25) is 0 Å². The van der Waals surface area contributed by atoms with E-state index in [1.807, 2.05) is 6.92 Å². The quantitative estimate of drug-likeness (QED) is 0.505. The second-order valence-electron chi connectivity index (χ2n) is 3.73. The predicted molar refractivity (Wildman–Crippen MR) is 73.9 cm³/mol. The van der Waals surface area contributed by atoms with Gasteiger partial charge >= 0.3 is 0 Å². The van der Waals surface area contributed by atoms with Crippen molar-refractivity contribution in [3.05, 3.63) is 53.6 Å². The van der Waals surface area contributed by atoms with Crippen molar-refractivity contribution in [2.24, 2.45) is 0 Å². The zero-order chi connectivity index (χ0) is 11.8. The molecular weight excluding hydrogens is 216 g/mol. The maximum atomic E-state index is 5.68. The molecule has 0 aliphatic heterocycles. The third-order valence-electron chi connectivity index (χ3n) is 2.54. The van der Waals surface area contributed by atoms with Gasteiger partial charge in [0.25, 0.3) is 0 Å². The van der Waals surface area contributed by atoms with Crippen LogP contribution in [0.25, 0.3) is 5.57 Å². The van der Waals surface area contributed by atoms with E-state index in [1.54, 1.807) is 0 Å². The molecule has 0 bridgehead atoms. The van der Waals surface area contributed by atoms with Crippen molar-refractivity contribution in [3.8, 4) is 0 Å². The van der Waals surface area contributed by atoms with Crippen LogP contribution in [-0.4, -0.2) is 5.88 Å². The molecule has 0 atom stereocenters. The number of aryl methyl sites for hydroxylation is 1. The van der Waals surface area contributed by atoms with Gasteiger partial charge in [0.1, 0.15) is 0 Å². The number of halogens is 1. The van der Waals surface area contributed by atoms with Crippen LogP contribution in [0.4, 0.5) is 0 Å². The number of benzene rings is 1. The summed E-state index contributed by atoms with van der Waals surface area (Å²) < 4.78 is 0. The van der Waals surface area contributed by atoms with Crippen LogP contribution >= 0.6 is 11.6 Å². The number of hydrogen-bond donors (Lipinski definition) is 0. The van der Waals surface area contributed by atoms with Gasteiger partial charge in [-0.25, -0.2) is 0 Å². The number of allylic oxidation sites excluding steroid dienone is 4. The zero-order valence-electron chi connectivity index (χ0n) is 10.0. The van der Waals surface area contributed by atoms with Gasteiger partial charge < -0.3 is 0 Å². The van der Waals surface area contributed by atoms with Gasteiger partial charge in [-0.05, 0) is 43.4 Å². The van der Waals surface area contributed by atoms with Crippen molar-refractivity contribution in [3.63, 3.8) is 0 Å². The first-order valence-electron chi connectivity index (χ1n) is 5.76. The minimum atomic E-state index is 0.737. The molecule has 0 N–H and O–H groups in total. The third-order valence-corrected chi connectivity index (χ3v) is 2.81. The monoisotopic (exact) mass is 234 g/mol. The van der Waals surface area contributed by atoms with E-state index in [-0.39, 0.29) is 0 Å². The Balaban J connectivity index is 2.77. The maximum absolute atomic E-state index is 5.68. The molecule has 0 spiro atoms. The Bertz CT molecular complexity index is 358. The van der Waals surface area contributed by atoms with Crippen LogP contribution in [0.3, 0.4) is 0 Å². The molecule has 0 aromatic heterocycles. The van der Waals surface area contributed by atoms with Crippen LogP contribution < -0.4 is 0 Å². The van der Waals surface area contributed by atoms with Crippen LogP contribution in [0.5, 0.6) is 0 Å². The van der Waals surface area contributed by atoms with Crippen LogP contribution in [0, 0.1) is 0 Å². The van der Waals surface area contributed by atoms with Gasteiger partial charge in [0.05, 0.1) is 0 Å². The molecule has 0 radical (unpaired) electrons. The Morgan fingerprint density at radius 1 is 1.19 bits per heavy atom. The van der Waals surface area contributed by atoms with Crippen molar-refractivity contribution in [2.45, 2.75) is 26.7 Å². The molecule has 1 heteroatoms. The minimum Gasteiger partial charge on any atom is -0.127 e. The number of hydrogen-bond acceptors (Lipinski definition) is 0. The molecule has 0 nitrogen and oxygen atoms in total. The van der Waals surface area contributed by atoms with Gasteiger partial charge in [0.15, 0.2) is 0 Å². The van der Waals surface area contributed by atoms with E-state index in [0.29, 0.717) is 0 Å². The Hall–Kier alpha value is -1.01. The van der Waals surface area contributed by atoms with Crippen molar-refractivity contribution < 1.29 is 0 Å². The maximum Gasteiger partial charge on any atom is 0.0226 e. The average molecular weight is 235 g/mol. The highest BCUT2D eigenvalue weighted by Gasteiger charge is 1.97. The molecule has 0 amide bonds. The summed E-state index contributed by atoms with van der Waals surface area (Å²) in [7, 11) is 0. The van der Waals surface area contributed by atoms with Crippen LogP contribution in [0.15, 0.2) is 42.5 Å². The first-order chi connectivity index (χ1) is 7.81. The van der Waals surface area contributed by atoms with E-state index in [0.717, 1.165) is 18.7 Å². The predicted octanol–water partition coefficient (Wildman–Crippen LogP) is 4.84. The fraction of sp³-hybridized carbons (Fsp3) is 0.333. The highest BCUT2D eigenvalue weighted by Crippen LogP contribution is 2.17. The zero-order valence-corrected chi connectivity index (χ0v) is 10.8. The lowest BCUT2D eigenvalue weighted by molar-refractivity contribution is 0.929. The van der Waals surface area contributed by atoms with Gasteiger partial charge in [-0.2, -0.15) is 0 Å². The Kier molecular flexibility index (Phi) is 5.95. The summed E-state index contributed by atoms with van der Waals surface area (Å²) in [4.78, 5) is 0. The first kappa shape index (κ1) is 13.1. The molecule has 0 aliphatic carbocycles. The van der Waals surface area contributed by atoms with Crippen molar-refractivity contribution in [2.75, 3.05) is 5.88 Å². The highest BCUT2D eigenvalue weighted by atomic mass is 35.5. The molecule has 0 aliphatic rings. The average Bonchev–Trinajstić information content (AvgIpc) is 2.34. The molecular formula is C15H19Cl. The summed E-state index contributed by atoms with van der Waals surface area (Å²) >= 11 is 5.68. The molecule has 0 unspecified atom stereocenters. The molecule has 0 fully saturated rings. The summed E-state index contributed by atoms with van der Waals surface area (Å²) in [6.07, 6.45) is 8.45. The van der Waals surface area contributed by atoms with Crippen molar-refractivity contribution in [1.82, 2.24) is 0 Å². The molecule has 0 saturated carbocycles. The minimum absolute atomic E-state index is 0.737. The van der Waals surface area contributed by atoms with Gasteiger partial charge in [0.2, 0.25) is 0 Å². The van der Waals surface area contributed by atoms with E-state index >= 15 is 0 Å². The Labute approximate surface area is 104 Å². The lowest BCUT2D eigenvalue weighted by atomic mass is 10.0. The van der Waals surface area contributed by atoms with Crippen molar-refractivity contribution in [1.29, 1.82) is 0 Å². The normalized spacial score (nSPS) is 12.3. The third kappa shape index (κ3) is 3.86. The molecule has 1 rings (SSSR count). The molecule has 1 aromatic carbocycles. The molecule has 16 heavy (non-hydrogen) atoms. The second kappa shape index (κ2) is 7.29. The summed E-state index contributed by atoms with van der Waals surface area (Å²) in [6, 6.07) is 8.74. The molecule has 0 heterocycles. The molecule has 86 valence electrons. The lowest BCUT2D eigenvalue weighted by Crippen LogP contribution is -1.87. The van der Waals surface area contributed by atoms with Gasteiger partial charge in [-0.15, -0.1) is 11.6 Å². The smallest absolute Gasteiger partial charge is 0.0226 e.